The van der Waals surface area contributed by atoms with Gasteiger partial charge in [-0.05, 0) is 76.1 Å². The molecule has 6 heteroatoms. The molecule has 0 heterocycles. The number of carbonyl (C=O) groups excluding carboxylic acids is 2. The van der Waals surface area contributed by atoms with Gasteiger partial charge in [0, 0.05) is 18.2 Å². The van der Waals surface area contributed by atoms with Gasteiger partial charge >= 0.3 is 0 Å². The van der Waals surface area contributed by atoms with Crippen molar-refractivity contribution in [2.75, 3.05) is 5.32 Å². The quantitative estimate of drug-likeness (QED) is 0.749. The van der Waals surface area contributed by atoms with E-state index in [0.717, 1.165) is 11.1 Å². The molecule has 0 spiro atoms. The molecule has 2 aromatic carbocycles. The van der Waals surface area contributed by atoms with E-state index in [1.165, 1.54) is 19.1 Å². The molecular weight excluding hydrogens is 344 g/mol. The summed E-state index contributed by atoms with van der Waals surface area (Å²) in [6.45, 7) is 10.8. The predicted molar refractivity (Wildman–Crippen MR) is 106 cm³/mol. The Balaban J connectivity index is 2.32. The number of hydrogen-bond donors (Lipinski definition) is 3. The van der Waals surface area contributed by atoms with Crippen molar-refractivity contribution in [2.24, 2.45) is 0 Å². The number of hydrogen-bond acceptors (Lipinski definition) is 4. The van der Waals surface area contributed by atoms with Gasteiger partial charge in [0.15, 0.2) is 0 Å². The largest absolute Gasteiger partial charge is 0.507 e. The second-order valence-electron chi connectivity index (χ2n) is 7.61. The zero-order valence-corrected chi connectivity index (χ0v) is 16.6. The zero-order valence-electron chi connectivity index (χ0n) is 16.6. The number of aromatic hydroxyl groups is 1. The fourth-order valence-corrected chi connectivity index (χ4v) is 2.67. The Kier molecular flexibility index (Phi) is 5.78. The van der Waals surface area contributed by atoms with E-state index < -0.39 is 5.54 Å². The molecular formula is C21H26N2O4. The lowest BCUT2D eigenvalue weighted by Crippen LogP contribution is -2.40. The van der Waals surface area contributed by atoms with Crippen molar-refractivity contribution in [1.82, 2.24) is 5.32 Å². The normalized spacial score (nSPS) is 11.0. The van der Waals surface area contributed by atoms with Crippen LogP contribution in [0.5, 0.6) is 17.2 Å². The highest BCUT2D eigenvalue weighted by Gasteiger charge is 2.19. The molecule has 27 heavy (non-hydrogen) atoms. The van der Waals surface area contributed by atoms with Crippen molar-refractivity contribution >= 4 is 17.5 Å². The van der Waals surface area contributed by atoms with E-state index in [1.807, 2.05) is 46.8 Å². The molecule has 3 N–H and O–H groups in total. The van der Waals surface area contributed by atoms with Crippen LogP contribution in [0.2, 0.25) is 0 Å². The molecule has 0 fully saturated rings. The highest BCUT2D eigenvalue weighted by molar-refractivity contribution is 5.97. The van der Waals surface area contributed by atoms with E-state index in [2.05, 4.69) is 10.6 Å². The second-order valence-corrected chi connectivity index (χ2v) is 7.61. The van der Waals surface area contributed by atoms with Crippen LogP contribution in [0.25, 0.3) is 0 Å². The minimum Gasteiger partial charge on any atom is -0.507 e. The minimum absolute atomic E-state index is 0.112. The van der Waals surface area contributed by atoms with Crippen LogP contribution >= 0.6 is 0 Å². The fraction of sp³-hybridized carbons (Fsp3) is 0.333. The average molecular weight is 370 g/mol. The fourth-order valence-electron chi connectivity index (χ4n) is 2.67. The Bertz CT molecular complexity index is 859. The molecule has 0 radical (unpaired) electrons. The Hall–Kier alpha value is -3.02. The predicted octanol–water partition coefficient (Wildman–Crippen LogP) is 4.29. The van der Waals surface area contributed by atoms with Crippen molar-refractivity contribution in [3.05, 3.63) is 47.0 Å². The number of anilines is 1. The maximum Gasteiger partial charge on any atom is 0.255 e. The number of ether oxygens (including phenoxy) is 1. The van der Waals surface area contributed by atoms with E-state index in [1.54, 1.807) is 6.07 Å². The van der Waals surface area contributed by atoms with Crippen LogP contribution in [0, 0.1) is 13.8 Å². The van der Waals surface area contributed by atoms with E-state index in [4.69, 9.17) is 4.74 Å². The molecule has 0 saturated carbocycles. The van der Waals surface area contributed by atoms with Gasteiger partial charge in [-0.15, -0.1) is 0 Å². The zero-order chi connectivity index (χ0) is 20.4. The smallest absolute Gasteiger partial charge is 0.255 e. The van der Waals surface area contributed by atoms with Crippen LogP contribution in [0.1, 0.15) is 49.2 Å². The molecule has 0 aromatic heterocycles. The minimum atomic E-state index is -0.424. The molecule has 0 aliphatic carbocycles. The van der Waals surface area contributed by atoms with Crippen molar-refractivity contribution in [1.29, 1.82) is 0 Å². The number of aryl methyl sites for hydroxylation is 2. The monoisotopic (exact) mass is 370 g/mol. The summed E-state index contributed by atoms with van der Waals surface area (Å²) in [5, 5.41) is 15.6. The van der Waals surface area contributed by atoms with Crippen LogP contribution in [-0.2, 0) is 4.79 Å². The van der Waals surface area contributed by atoms with Gasteiger partial charge < -0.3 is 20.5 Å². The summed E-state index contributed by atoms with van der Waals surface area (Å²) < 4.78 is 5.97. The van der Waals surface area contributed by atoms with Gasteiger partial charge in [0.1, 0.15) is 17.2 Å². The number of nitrogens with one attached hydrogen (secondary N) is 2. The van der Waals surface area contributed by atoms with Crippen LogP contribution < -0.4 is 15.4 Å². The summed E-state index contributed by atoms with van der Waals surface area (Å²) in [5.41, 5.74) is 2.10. The Morgan fingerprint density at radius 3 is 2.15 bits per heavy atom. The molecule has 0 bridgehead atoms. The molecule has 144 valence electrons. The molecule has 0 unspecified atom stereocenters. The van der Waals surface area contributed by atoms with Gasteiger partial charge in [-0.1, -0.05) is 0 Å². The first-order chi connectivity index (χ1) is 12.5. The molecule has 2 rings (SSSR count). The Morgan fingerprint density at radius 1 is 1.04 bits per heavy atom. The number of rotatable bonds is 4. The average Bonchev–Trinajstić information content (AvgIpc) is 2.50. The highest BCUT2D eigenvalue weighted by Crippen LogP contribution is 2.33. The number of amides is 2. The summed E-state index contributed by atoms with van der Waals surface area (Å²) >= 11 is 0. The van der Waals surface area contributed by atoms with Crippen LogP contribution in [0.4, 0.5) is 5.69 Å². The first kappa shape index (κ1) is 20.3. The third kappa shape index (κ3) is 5.48. The number of phenolic OH excluding ortho intramolecular Hbond substituents is 1. The van der Waals surface area contributed by atoms with Crippen LogP contribution in [-0.4, -0.2) is 22.5 Å². The summed E-state index contributed by atoms with van der Waals surface area (Å²) in [6, 6.07) is 8.18. The first-order valence-corrected chi connectivity index (χ1v) is 8.68. The lowest BCUT2D eigenvalue weighted by atomic mass is 10.1. The van der Waals surface area contributed by atoms with Crippen molar-refractivity contribution in [3.8, 4) is 17.2 Å². The molecule has 0 aliphatic rings. The van der Waals surface area contributed by atoms with E-state index in [-0.39, 0.29) is 23.1 Å². The molecule has 0 aliphatic heterocycles. The standard InChI is InChI=1S/C21H26N2O4/c1-12-9-15(22-14(3)24)10-13(2)19(12)27-16-7-8-18(25)17(11-16)20(26)23-21(4,5)6/h7-11,25H,1-6H3,(H,22,24)(H,23,26). The number of carbonyl (C=O) groups is 2. The molecule has 0 saturated heterocycles. The van der Waals surface area contributed by atoms with Gasteiger partial charge in [0.2, 0.25) is 5.91 Å². The van der Waals surface area contributed by atoms with Gasteiger partial charge in [0.25, 0.3) is 5.91 Å². The lowest BCUT2D eigenvalue weighted by Gasteiger charge is -2.21. The Labute approximate surface area is 159 Å². The summed E-state index contributed by atoms with van der Waals surface area (Å²) in [4.78, 5) is 23.6. The highest BCUT2D eigenvalue weighted by atomic mass is 16.5. The maximum absolute atomic E-state index is 12.4. The van der Waals surface area contributed by atoms with Crippen molar-refractivity contribution < 1.29 is 19.4 Å². The van der Waals surface area contributed by atoms with E-state index in [0.29, 0.717) is 17.2 Å². The third-order valence-corrected chi connectivity index (χ3v) is 3.70. The van der Waals surface area contributed by atoms with Crippen molar-refractivity contribution in [2.45, 2.75) is 47.1 Å². The first-order valence-electron chi connectivity index (χ1n) is 8.68. The number of phenols is 1. The topological polar surface area (TPSA) is 87.7 Å². The number of benzene rings is 2. The molecule has 6 nitrogen and oxygen atoms in total. The summed E-state index contributed by atoms with van der Waals surface area (Å²) in [6.07, 6.45) is 0. The SMILES string of the molecule is CC(=O)Nc1cc(C)c(Oc2ccc(O)c(C(=O)NC(C)(C)C)c2)c(C)c1. The Morgan fingerprint density at radius 2 is 1.63 bits per heavy atom. The van der Waals surface area contributed by atoms with Gasteiger partial charge in [-0.25, -0.2) is 0 Å². The maximum atomic E-state index is 12.4. The molecule has 2 aromatic rings. The second kappa shape index (κ2) is 7.70. The molecule has 2 amide bonds. The molecule has 0 atom stereocenters. The van der Waals surface area contributed by atoms with Gasteiger partial charge in [-0.3, -0.25) is 9.59 Å². The summed E-state index contributed by atoms with van der Waals surface area (Å²) in [7, 11) is 0. The third-order valence-electron chi connectivity index (χ3n) is 3.70. The van der Waals surface area contributed by atoms with E-state index >= 15 is 0 Å². The van der Waals surface area contributed by atoms with Crippen LogP contribution in [0.15, 0.2) is 30.3 Å². The van der Waals surface area contributed by atoms with Crippen LogP contribution in [0.3, 0.4) is 0 Å². The summed E-state index contributed by atoms with van der Waals surface area (Å²) in [5.74, 6) is 0.441. The van der Waals surface area contributed by atoms with Gasteiger partial charge in [-0.2, -0.15) is 0 Å². The van der Waals surface area contributed by atoms with Crippen molar-refractivity contribution in [3.63, 3.8) is 0 Å². The lowest BCUT2D eigenvalue weighted by molar-refractivity contribution is -0.114. The van der Waals surface area contributed by atoms with E-state index in [9.17, 15) is 14.7 Å². The van der Waals surface area contributed by atoms with Gasteiger partial charge in [0.05, 0.1) is 5.56 Å².